The first kappa shape index (κ1) is 43.5. The number of carbonyl (C=O) groups excluding carboxylic acids is 4. The van der Waals surface area contributed by atoms with Crippen molar-refractivity contribution in [3.8, 4) is 0 Å². The topological polar surface area (TPSA) is 154 Å². The number of anilines is 2. The lowest BCUT2D eigenvalue weighted by atomic mass is 10.2. The van der Waals surface area contributed by atoms with E-state index in [1.54, 1.807) is 50.2 Å². The number of amides is 2. The number of unbranched alkanes of at least 4 members (excludes halogenated alkanes) is 6. The minimum atomic E-state index is -2.30. The van der Waals surface area contributed by atoms with Crippen LogP contribution in [0.4, 0.5) is 32.3 Å². The molecule has 0 radical (unpaired) electrons. The van der Waals surface area contributed by atoms with Crippen LogP contribution in [0.1, 0.15) is 62.5 Å². The van der Waals surface area contributed by atoms with Gasteiger partial charge in [0.2, 0.25) is 12.2 Å². The molecule has 0 atom stereocenters. The maximum atomic E-state index is 12.1. The normalized spacial score (nSPS) is 11.6. The Morgan fingerprint density at radius 3 is 1.33 bits per heavy atom. The Morgan fingerprint density at radius 2 is 0.980 bits per heavy atom. The van der Waals surface area contributed by atoms with Gasteiger partial charge in [-0.3, -0.25) is 10.6 Å². The molecule has 2 aromatic carbocycles. The van der Waals surface area contributed by atoms with Crippen LogP contribution in [-0.2, 0) is 27.3 Å². The van der Waals surface area contributed by atoms with Crippen LogP contribution in [0.5, 0.6) is 0 Å². The average Bonchev–Trinajstić information content (AvgIpc) is 3.01. The first-order valence-corrected chi connectivity index (χ1v) is 26.7. The molecule has 0 aliphatic heterocycles. The van der Waals surface area contributed by atoms with Crippen molar-refractivity contribution in [1.29, 1.82) is 0 Å². The Kier molecular flexibility index (Phi) is 18.4. The van der Waals surface area contributed by atoms with Gasteiger partial charge in [-0.1, -0.05) is 38.5 Å². The molecular weight excluding hydrogens is 701 g/mol. The second-order valence-electron chi connectivity index (χ2n) is 14.4. The van der Waals surface area contributed by atoms with E-state index in [2.05, 4.69) is 59.9 Å². The van der Waals surface area contributed by atoms with Gasteiger partial charge in [-0.25, -0.2) is 19.2 Å². The average molecular weight is 757 g/mol. The summed E-state index contributed by atoms with van der Waals surface area (Å²) < 4.78 is 24.2. The third-order valence-corrected chi connectivity index (χ3v) is 19.5. The van der Waals surface area contributed by atoms with E-state index in [4.69, 9.17) is 17.7 Å². The highest BCUT2D eigenvalue weighted by atomic mass is 28.5. The molecule has 0 saturated heterocycles. The molecule has 2 amide bonds. The summed E-state index contributed by atoms with van der Waals surface area (Å²) in [5, 5.41) is 5.41. The molecule has 12 nitrogen and oxygen atoms in total. The summed E-state index contributed by atoms with van der Waals surface area (Å²) in [6.07, 6.45) is 9.81. The summed E-state index contributed by atoms with van der Waals surface area (Å²) in [6, 6.07) is 12.2. The highest BCUT2D eigenvalue weighted by Crippen LogP contribution is 2.28. The molecule has 0 saturated carbocycles. The molecule has 0 aliphatic carbocycles. The van der Waals surface area contributed by atoms with Crippen LogP contribution in [0.25, 0.3) is 0 Å². The third-order valence-electron chi connectivity index (χ3n) is 8.08. The number of benzene rings is 2. The van der Waals surface area contributed by atoms with Gasteiger partial charge >= 0.3 is 20.7 Å². The van der Waals surface area contributed by atoms with Gasteiger partial charge in [0.25, 0.3) is 0 Å². The number of nitrogens with zero attached hydrogens (tertiary/aromatic N) is 2. The SMILES string of the molecule is Cc1cc(NC(=O)OCCCCCC[Si](C)(C)O[Si](C)(C)O[Si](C)(C)CCCCCCOC(=O)Nc2ccc(N=C=O)c(C)c2)ccc1N=C=O. The highest BCUT2D eigenvalue weighted by Gasteiger charge is 2.39. The number of hydrogen-bond acceptors (Lipinski definition) is 10. The molecule has 15 heteroatoms. The van der Waals surface area contributed by atoms with Crippen molar-refractivity contribution in [1.82, 2.24) is 0 Å². The summed E-state index contributed by atoms with van der Waals surface area (Å²) in [6.45, 7) is 17.8. The molecule has 0 aliphatic rings. The maximum Gasteiger partial charge on any atom is 0.411 e. The number of isocyanates is 2. The third kappa shape index (κ3) is 18.4. The molecule has 0 spiro atoms. The van der Waals surface area contributed by atoms with Crippen LogP contribution < -0.4 is 10.6 Å². The lowest BCUT2D eigenvalue weighted by molar-refractivity contribution is 0.158. The Hall–Kier alpha value is -3.69. The van der Waals surface area contributed by atoms with Crippen LogP contribution in [0.3, 0.4) is 0 Å². The van der Waals surface area contributed by atoms with E-state index in [1.807, 2.05) is 0 Å². The molecule has 2 N–H and O–H groups in total. The van der Waals surface area contributed by atoms with Gasteiger partial charge in [-0.15, -0.1) is 0 Å². The van der Waals surface area contributed by atoms with E-state index < -0.39 is 37.4 Å². The zero-order valence-electron chi connectivity index (χ0n) is 31.6. The first-order chi connectivity index (χ1) is 24.0. The quantitative estimate of drug-likeness (QED) is 0.0521. The molecule has 0 aromatic heterocycles. The Labute approximate surface area is 306 Å². The fourth-order valence-electron chi connectivity index (χ4n) is 5.92. The van der Waals surface area contributed by atoms with Crippen molar-refractivity contribution in [3.05, 3.63) is 47.5 Å². The summed E-state index contributed by atoms with van der Waals surface area (Å²) in [7, 11) is -6.11. The molecule has 0 bridgehead atoms. The van der Waals surface area contributed by atoms with E-state index in [-0.39, 0.29) is 0 Å². The number of rotatable bonds is 22. The predicted molar refractivity (Wildman–Crippen MR) is 209 cm³/mol. The van der Waals surface area contributed by atoms with Crippen molar-refractivity contribution < 1.29 is 36.9 Å². The number of carbonyl (C=O) groups is 2. The van der Waals surface area contributed by atoms with Gasteiger partial charge in [0.1, 0.15) is 0 Å². The summed E-state index contributed by atoms with van der Waals surface area (Å²) >= 11 is 0. The molecule has 2 aromatic rings. The second kappa shape index (κ2) is 21.6. The van der Waals surface area contributed by atoms with Crippen LogP contribution in [0, 0.1) is 13.8 Å². The van der Waals surface area contributed by atoms with Crippen molar-refractivity contribution in [3.63, 3.8) is 0 Å². The van der Waals surface area contributed by atoms with Crippen molar-refractivity contribution in [2.45, 2.75) is 117 Å². The Morgan fingerprint density at radius 1 is 0.608 bits per heavy atom. The van der Waals surface area contributed by atoms with Gasteiger partial charge < -0.3 is 17.7 Å². The smallest absolute Gasteiger partial charge is 0.411 e. The van der Waals surface area contributed by atoms with Crippen molar-refractivity contribution >= 4 is 72.3 Å². The lowest BCUT2D eigenvalue weighted by Gasteiger charge is -2.39. The number of nitrogens with one attached hydrogen (secondary N) is 2. The Balaban J connectivity index is 1.56. The molecule has 280 valence electrons. The zero-order valence-corrected chi connectivity index (χ0v) is 34.6. The van der Waals surface area contributed by atoms with Crippen LogP contribution in [-0.4, -0.2) is 62.8 Å². The van der Waals surface area contributed by atoms with Gasteiger partial charge in [0.05, 0.1) is 24.6 Å². The first-order valence-electron chi connectivity index (χ1n) is 17.7. The monoisotopic (exact) mass is 756 g/mol. The lowest BCUT2D eigenvalue weighted by Crippen LogP contribution is -2.52. The number of aryl methyl sites for hydroxylation is 2. The van der Waals surface area contributed by atoms with Crippen LogP contribution in [0.15, 0.2) is 46.4 Å². The molecule has 0 fully saturated rings. The molecule has 0 heterocycles. The van der Waals surface area contributed by atoms with E-state index in [0.717, 1.165) is 74.6 Å². The fourth-order valence-corrected chi connectivity index (χ4v) is 20.1. The second-order valence-corrected chi connectivity index (χ2v) is 26.9. The predicted octanol–water partition coefficient (Wildman–Crippen LogP) is 10.3. The number of hydrogen-bond donors (Lipinski definition) is 2. The molecule has 2 rings (SSSR count). The van der Waals surface area contributed by atoms with E-state index in [9.17, 15) is 19.2 Å². The summed E-state index contributed by atoms with van der Waals surface area (Å²) in [4.78, 5) is 52.4. The summed E-state index contributed by atoms with van der Waals surface area (Å²) in [5.41, 5.74) is 3.72. The maximum absolute atomic E-state index is 12.1. The fraction of sp³-hybridized carbons (Fsp3) is 0.556. The van der Waals surface area contributed by atoms with E-state index >= 15 is 0 Å². The van der Waals surface area contributed by atoms with Crippen LogP contribution in [0.2, 0.25) is 51.4 Å². The standard InChI is InChI=1S/C36H56N4O8Si3/c1-29-25-31(17-19-33(29)37-27-41)39-35(43)45-21-13-9-11-15-23-49(3,4)47-51(7,8)48-50(5,6)24-16-12-10-14-22-46-36(44)40-32-18-20-34(38-28-42)30(2)26-32/h17-20,25-26H,9-16,21-24H2,1-8H3,(H,39,43)(H,40,44). The van der Waals surface area contributed by atoms with Gasteiger partial charge in [-0.05, 0) is 126 Å². The molecular formula is C36H56N4O8Si3. The van der Waals surface area contributed by atoms with Gasteiger partial charge in [0.15, 0.2) is 16.6 Å². The van der Waals surface area contributed by atoms with Gasteiger partial charge in [-0.2, -0.15) is 9.98 Å². The number of aliphatic imine (C=N–C) groups is 2. The minimum absolute atomic E-state index is 0.353. The highest BCUT2D eigenvalue weighted by molar-refractivity contribution is 6.87. The minimum Gasteiger partial charge on any atom is -0.449 e. The van der Waals surface area contributed by atoms with Crippen LogP contribution >= 0.6 is 0 Å². The zero-order chi connectivity index (χ0) is 37.9. The largest absolute Gasteiger partial charge is 0.449 e. The summed E-state index contributed by atoms with van der Waals surface area (Å²) in [5.74, 6) is 0. The van der Waals surface area contributed by atoms with Crippen molar-refractivity contribution in [2.24, 2.45) is 9.98 Å². The van der Waals surface area contributed by atoms with Gasteiger partial charge in [0, 0.05) is 11.4 Å². The van der Waals surface area contributed by atoms with E-state index in [0.29, 0.717) is 36.0 Å². The van der Waals surface area contributed by atoms with E-state index in [1.165, 1.54) is 12.2 Å². The molecule has 0 unspecified atom stereocenters. The molecule has 51 heavy (non-hydrogen) atoms. The number of ether oxygens (including phenoxy) is 2. The van der Waals surface area contributed by atoms with Crippen molar-refractivity contribution in [2.75, 3.05) is 23.8 Å². The Bertz CT molecular complexity index is 1430.